The summed E-state index contributed by atoms with van der Waals surface area (Å²) in [5.41, 5.74) is -0.423. The Kier molecular flexibility index (Phi) is 6.41. The Labute approximate surface area is 258 Å². The SMILES string of the molecule is COC(=O)C1=C(C)N(Cc2ccccc2)[C@]23O[C@@](C(=O)OC)(C(=O)N2C1c1ccccc1)C1C(=O)N(c2ccccc2)C(=O)C13. The topological polar surface area (TPSA) is 123 Å². The van der Waals surface area contributed by atoms with E-state index in [1.807, 2.05) is 30.3 Å². The monoisotopic (exact) mass is 607 g/mol. The van der Waals surface area contributed by atoms with Gasteiger partial charge in [-0.3, -0.25) is 19.3 Å². The van der Waals surface area contributed by atoms with Gasteiger partial charge in [0.15, 0.2) is 0 Å². The van der Waals surface area contributed by atoms with E-state index in [0.29, 0.717) is 16.9 Å². The Bertz CT molecular complexity index is 1780. The lowest BCUT2D eigenvalue weighted by atomic mass is 9.73. The van der Waals surface area contributed by atoms with E-state index in [-0.39, 0.29) is 12.1 Å². The maximum atomic E-state index is 14.9. The van der Waals surface area contributed by atoms with E-state index in [9.17, 15) is 24.0 Å². The Morgan fingerprint density at radius 2 is 1.38 bits per heavy atom. The number of nitrogens with zero attached hydrogens (tertiary/aromatic N) is 3. The van der Waals surface area contributed by atoms with Crippen LogP contribution in [0.4, 0.5) is 5.69 Å². The minimum absolute atomic E-state index is 0.0612. The molecule has 7 rings (SSSR count). The number of imide groups is 1. The van der Waals surface area contributed by atoms with Gasteiger partial charge < -0.3 is 19.1 Å². The molecule has 3 amide bonds. The molecule has 11 nitrogen and oxygen atoms in total. The number of hydrogen-bond acceptors (Lipinski definition) is 9. The van der Waals surface area contributed by atoms with Crippen LogP contribution in [0.5, 0.6) is 0 Å². The van der Waals surface area contributed by atoms with Crippen LogP contribution in [-0.4, -0.2) is 65.1 Å². The van der Waals surface area contributed by atoms with Crippen molar-refractivity contribution < 1.29 is 38.2 Å². The zero-order valence-electron chi connectivity index (χ0n) is 24.7. The van der Waals surface area contributed by atoms with E-state index >= 15 is 0 Å². The Balaban J connectivity index is 1.55. The van der Waals surface area contributed by atoms with Crippen LogP contribution < -0.4 is 4.90 Å². The van der Waals surface area contributed by atoms with Crippen molar-refractivity contribution in [1.82, 2.24) is 9.80 Å². The van der Waals surface area contributed by atoms with E-state index in [0.717, 1.165) is 17.6 Å². The number of allylic oxidation sites excluding steroid dienone is 1. The lowest BCUT2D eigenvalue weighted by Crippen LogP contribution is -2.70. The van der Waals surface area contributed by atoms with Crippen molar-refractivity contribution in [1.29, 1.82) is 0 Å². The van der Waals surface area contributed by atoms with Gasteiger partial charge in [-0.1, -0.05) is 78.9 Å². The highest BCUT2D eigenvalue weighted by atomic mass is 16.6. The number of amides is 3. The minimum Gasteiger partial charge on any atom is -0.466 e. The third kappa shape index (κ3) is 3.58. The van der Waals surface area contributed by atoms with Crippen LogP contribution in [0.2, 0.25) is 0 Å². The van der Waals surface area contributed by atoms with Crippen molar-refractivity contribution >= 4 is 35.3 Å². The van der Waals surface area contributed by atoms with Gasteiger partial charge in [0.25, 0.3) is 11.5 Å². The van der Waals surface area contributed by atoms with Crippen molar-refractivity contribution in [3.05, 3.63) is 113 Å². The van der Waals surface area contributed by atoms with Gasteiger partial charge in [0, 0.05) is 12.2 Å². The number of hydrogen-bond donors (Lipinski definition) is 0. The summed E-state index contributed by atoms with van der Waals surface area (Å²) in [6.45, 7) is 1.75. The van der Waals surface area contributed by atoms with E-state index in [1.54, 1.807) is 72.5 Å². The molecule has 2 bridgehead atoms. The molecule has 45 heavy (non-hydrogen) atoms. The first-order valence-corrected chi connectivity index (χ1v) is 14.4. The number of fused-ring (bicyclic) bond motifs is 3. The summed E-state index contributed by atoms with van der Waals surface area (Å²) < 4.78 is 17.1. The highest BCUT2D eigenvalue weighted by Gasteiger charge is 2.88. The molecule has 3 aromatic rings. The standard InChI is InChI=1S/C34H29N3O8/c1-20-24(30(40)43-2)27(22-15-9-5-10-16-22)37-31(41)33(32(42)44-3)25-26(29(39)36(28(25)38)23-17-11-6-12-18-23)34(37,45-33)35(20)19-21-13-7-4-8-14-21/h4-18,25-27H,19H2,1-3H3/t25?,26?,27?,33-,34+/m1/s1. The highest BCUT2D eigenvalue weighted by molar-refractivity contribution is 6.28. The molecule has 11 heteroatoms. The average Bonchev–Trinajstić information content (AvgIpc) is 3.64. The zero-order valence-corrected chi connectivity index (χ0v) is 24.7. The molecule has 3 fully saturated rings. The average molecular weight is 608 g/mol. The van der Waals surface area contributed by atoms with Gasteiger partial charge in [-0.25, -0.2) is 14.5 Å². The van der Waals surface area contributed by atoms with Gasteiger partial charge in [-0.15, -0.1) is 0 Å². The second kappa shape index (κ2) is 10.1. The largest absolute Gasteiger partial charge is 0.466 e. The third-order valence-corrected chi connectivity index (χ3v) is 9.26. The molecular weight excluding hydrogens is 578 g/mol. The molecule has 5 atom stereocenters. The van der Waals surface area contributed by atoms with Crippen LogP contribution in [0.3, 0.4) is 0 Å². The number of para-hydroxylation sites is 1. The van der Waals surface area contributed by atoms with Crippen molar-refractivity contribution in [2.45, 2.75) is 31.0 Å². The second-order valence-corrected chi connectivity index (χ2v) is 11.3. The first-order valence-electron chi connectivity index (χ1n) is 14.4. The van der Waals surface area contributed by atoms with E-state index in [1.165, 1.54) is 12.0 Å². The number of rotatable bonds is 6. The molecule has 3 saturated heterocycles. The highest BCUT2D eigenvalue weighted by Crippen LogP contribution is 2.66. The van der Waals surface area contributed by atoms with Crippen molar-refractivity contribution in [3.8, 4) is 0 Å². The number of ether oxygens (including phenoxy) is 3. The molecule has 0 N–H and O–H groups in total. The van der Waals surface area contributed by atoms with Crippen LogP contribution in [-0.2, 0) is 44.7 Å². The molecular formula is C34H29N3O8. The number of anilines is 1. The summed E-state index contributed by atoms with van der Waals surface area (Å²) in [6.07, 6.45) is 0. The molecule has 3 unspecified atom stereocenters. The molecule has 0 radical (unpaired) electrons. The van der Waals surface area contributed by atoms with Gasteiger partial charge in [-0.2, -0.15) is 0 Å². The summed E-state index contributed by atoms with van der Waals surface area (Å²) in [6, 6.07) is 25.2. The molecule has 228 valence electrons. The first kappa shape index (κ1) is 28.5. The van der Waals surface area contributed by atoms with Crippen LogP contribution in [0.15, 0.2) is 102 Å². The molecule has 0 saturated carbocycles. The molecule has 4 aliphatic rings. The van der Waals surface area contributed by atoms with Gasteiger partial charge in [0.1, 0.15) is 11.8 Å². The van der Waals surface area contributed by atoms with Crippen LogP contribution in [0, 0.1) is 11.8 Å². The molecule has 0 aromatic heterocycles. The van der Waals surface area contributed by atoms with Gasteiger partial charge in [0.05, 0.1) is 31.5 Å². The van der Waals surface area contributed by atoms with Gasteiger partial charge in [0.2, 0.25) is 17.7 Å². The Morgan fingerprint density at radius 3 is 1.98 bits per heavy atom. The van der Waals surface area contributed by atoms with E-state index in [4.69, 9.17) is 14.2 Å². The van der Waals surface area contributed by atoms with Crippen LogP contribution in [0.25, 0.3) is 0 Å². The van der Waals surface area contributed by atoms with Crippen molar-refractivity contribution in [2.75, 3.05) is 19.1 Å². The summed E-state index contributed by atoms with van der Waals surface area (Å²) in [5.74, 6) is -8.95. The van der Waals surface area contributed by atoms with E-state index < -0.39 is 59.0 Å². The lowest BCUT2D eigenvalue weighted by molar-refractivity contribution is -0.226. The Hall–Kier alpha value is -5.29. The maximum absolute atomic E-state index is 14.9. The number of piperidine rings is 1. The molecule has 3 aromatic carbocycles. The van der Waals surface area contributed by atoms with Gasteiger partial charge >= 0.3 is 11.9 Å². The zero-order chi connectivity index (χ0) is 31.7. The normalized spacial score (nSPS) is 28.4. The fraction of sp³-hybridized carbons (Fsp3) is 0.265. The molecule has 1 spiro atoms. The number of benzene rings is 3. The van der Waals surface area contributed by atoms with Crippen LogP contribution >= 0.6 is 0 Å². The summed E-state index contributed by atoms with van der Waals surface area (Å²) in [4.78, 5) is 75.2. The lowest BCUT2D eigenvalue weighted by Gasteiger charge is -2.55. The third-order valence-electron chi connectivity index (χ3n) is 9.26. The van der Waals surface area contributed by atoms with Crippen LogP contribution in [0.1, 0.15) is 24.1 Å². The second-order valence-electron chi connectivity index (χ2n) is 11.3. The number of carbonyl (C=O) groups is 5. The summed E-state index contributed by atoms with van der Waals surface area (Å²) in [5, 5.41) is 0. The van der Waals surface area contributed by atoms with Crippen molar-refractivity contribution in [3.63, 3.8) is 0 Å². The number of esters is 2. The van der Waals surface area contributed by atoms with Crippen molar-refractivity contribution in [2.24, 2.45) is 11.8 Å². The molecule has 4 heterocycles. The first-order chi connectivity index (χ1) is 21.7. The maximum Gasteiger partial charge on any atom is 0.349 e. The van der Waals surface area contributed by atoms with E-state index in [2.05, 4.69) is 0 Å². The minimum atomic E-state index is -2.50. The fourth-order valence-electron chi connectivity index (χ4n) is 7.45. The number of methoxy groups -OCH3 is 2. The number of carbonyl (C=O) groups excluding carboxylic acids is 5. The smallest absolute Gasteiger partial charge is 0.349 e. The predicted molar refractivity (Wildman–Crippen MR) is 157 cm³/mol. The molecule has 4 aliphatic heterocycles. The Morgan fingerprint density at radius 1 is 0.800 bits per heavy atom. The predicted octanol–water partition coefficient (Wildman–Crippen LogP) is 2.93. The summed E-state index contributed by atoms with van der Waals surface area (Å²) in [7, 11) is 2.34. The summed E-state index contributed by atoms with van der Waals surface area (Å²) >= 11 is 0. The van der Waals surface area contributed by atoms with Gasteiger partial charge in [-0.05, 0) is 30.2 Å². The molecule has 0 aliphatic carbocycles. The quantitative estimate of drug-likeness (QED) is 0.237. The fourth-order valence-corrected chi connectivity index (χ4v) is 7.45.